The number of halogens is 3. The Labute approximate surface area is 183 Å². The summed E-state index contributed by atoms with van der Waals surface area (Å²) in [7, 11) is 1.67. The Kier molecular flexibility index (Phi) is 9.73. The van der Waals surface area contributed by atoms with Crippen molar-refractivity contribution < 1.29 is 14.0 Å². The number of benzene rings is 2. The van der Waals surface area contributed by atoms with E-state index in [-0.39, 0.29) is 30.7 Å². The molecule has 9 heteroatoms. The number of carbonyl (C=O) groups is 2. The van der Waals surface area contributed by atoms with Crippen LogP contribution < -0.4 is 10.6 Å². The highest BCUT2D eigenvalue weighted by Gasteiger charge is 2.13. The van der Waals surface area contributed by atoms with Crippen LogP contribution >= 0.6 is 35.0 Å². The zero-order chi connectivity index (χ0) is 21.2. The number of amides is 2. The van der Waals surface area contributed by atoms with Crippen molar-refractivity contribution in [2.24, 2.45) is 0 Å². The summed E-state index contributed by atoms with van der Waals surface area (Å²) in [6.07, 6.45) is 0. The number of hydrogen-bond donors (Lipinski definition) is 2. The summed E-state index contributed by atoms with van der Waals surface area (Å²) in [4.78, 5) is 25.7. The molecule has 0 atom stereocenters. The summed E-state index contributed by atoms with van der Waals surface area (Å²) >= 11 is 13.6. The van der Waals surface area contributed by atoms with Crippen LogP contribution in [0, 0.1) is 5.82 Å². The quantitative estimate of drug-likeness (QED) is 0.528. The second-order valence-electron chi connectivity index (χ2n) is 6.31. The van der Waals surface area contributed by atoms with E-state index in [0.717, 1.165) is 0 Å². The molecule has 0 aromatic heterocycles. The summed E-state index contributed by atoms with van der Waals surface area (Å²) in [5.74, 6) is 0.475. The van der Waals surface area contributed by atoms with Crippen molar-refractivity contribution >= 4 is 52.5 Å². The standard InChI is InChI=1S/C20H22Cl2FN3O2S/c1-26(12-19(28)25-20-15(21)6-4-7-16(20)22)11-18(27)24-9-10-29-13-14-5-2-3-8-17(14)23/h2-8H,9-13H2,1H3,(H,24,27)(H,25,28). The van der Waals surface area contributed by atoms with Gasteiger partial charge in [0.25, 0.3) is 0 Å². The van der Waals surface area contributed by atoms with Crippen LogP contribution in [0.3, 0.4) is 0 Å². The Morgan fingerprint density at radius 2 is 1.69 bits per heavy atom. The zero-order valence-electron chi connectivity index (χ0n) is 15.9. The van der Waals surface area contributed by atoms with Crippen molar-refractivity contribution in [3.05, 3.63) is 63.9 Å². The molecule has 2 amide bonds. The molecule has 0 saturated heterocycles. The first-order chi connectivity index (χ1) is 13.9. The van der Waals surface area contributed by atoms with Crippen LogP contribution in [0.25, 0.3) is 0 Å². The van der Waals surface area contributed by atoms with Gasteiger partial charge >= 0.3 is 0 Å². The Balaban J connectivity index is 1.64. The number of rotatable bonds is 10. The highest BCUT2D eigenvalue weighted by molar-refractivity contribution is 7.98. The van der Waals surface area contributed by atoms with Gasteiger partial charge in [0, 0.05) is 18.1 Å². The van der Waals surface area contributed by atoms with Crippen molar-refractivity contribution in [2.45, 2.75) is 5.75 Å². The first-order valence-electron chi connectivity index (χ1n) is 8.87. The maximum atomic E-state index is 13.5. The van der Waals surface area contributed by atoms with Gasteiger partial charge in [-0.2, -0.15) is 11.8 Å². The smallest absolute Gasteiger partial charge is 0.238 e. The minimum Gasteiger partial charge on any atom is -0.354 e. The molecule has 5 nitrogen and oxygen atoms in total. The molecule has 0 saturated carbocycles. The fourth-order valence-electron chi connectivity index (χ4n) is 2.46. The Morgan fingerprint density at radius 1 is 1.03 bits per heavy atom. The Hall–Kier alpha value is -1.80. The minimum atomic E-state index is -0.323. The van der Waals surface area contributed by atoms with Crippen molar-refractivity contribution in [3.8, 4) is 0 Å². The van der Waals surface area contributed by atoms with E-state index in [0.29, 0.717) is 39.3 Å². The van der Waals surface area contributed by atoms with E-state index in [9.17, 15) is 14.0 Å². The maximum Gasteiger partial charge on any atom is 0.238 e. The number of hydrogen-bond acceptors (Lipinski definition) is 4. The third-order valence-corrected chi connectivity index (χ3v) is 5.48. The van der Waals surface area contributed by atoms with E-state index in [1.54, 1.807) is 48.3 Å². The van der Waals surface area contributed by atoms with E-state index in [1.165, 1.54) is 17.8 Å². The third kappa shape index (κ3) is 8.22. The average molecular weight is 458 g/mol. The molecule has 0 spiro atoms. The molecular formula is C20H22Cl2FN3O2S. The minimum absolute atomic E-state index is 0.0109. The topological polar surface area (TPSA) is 61.4 Å². The average Bonchev–Trinajstić information content (AvgIpc) is 2.66. The molecule has 2 rings (SSSR count). The molecule has 0 bridgehead atoms. The van der Waals surface area contributed by atoms with Gasteiger partial charge in [-0.15, -0.1) is 0 Å². The summed E-state index contributed by atoms with van der Waals surface area (Å²) in [6.45, 7) is 0.548. The number of thioether (sulfide) groups is 1. The highest BCUT2D eigenvalue weighted by Crippen LogP contribution is 2.29. The summed E-state index contributed by atoms with van der Waals surface area (Å²) < 4.78 is 13.5. The molecule has 0 aliphatic heterocycles. The van der Waals surface area contributed by atoms with Crippen molar-refractivity contribution in [2.75, 3.05) is 37.8 Å². The van der Waals surface area contributed by atoms with Gasteiger partial charge < -0.3 is 10.6 Å². The summed E-state index contributed by atoms with van der Waals surface area (Å²) in [5.41, 5.74) is 0.999. The van der Waals surface area contributed by atoms with Gasteiger partial charge in [0.2, 0.25) is 11.8 Å². The van der Waals surface area contributed by atoms with Gasteiger partial charge in [-0.1, -0.05) is 47.5 Å². The van der Waals surface area contributed by atoms with E-state index < -0.39 is 0 Å². The molecule has 2 aromatic carbocycles. The molecule has 29 heavy (non-hydrogen) atoms. The van der Waals surface area contributed by atoms with Crippen molar-refractivity contribution in [1.29, 1.82) is 0 Å². The van der Waals surface area contributed by atoms with Crippen LogP contribution in [0.15, 0.2) is 42.5 Å². The predicted molar refractivity (Wildman–Crippen MR) is 118 cm³/mol. The second kappa shape index (κ2) is 12.0. The number of carbonyl (C=O) groups excluding carboxylic acids is 2. The SMILES string of the molecule is CN(CC(=O)NCCSCc1ccccc1F)CC(=O)Nc1c(Cl)cccc1Cl. The lowest BCUT2D eigenvalue weighted by atomic mass is 10.2. The van der Waals surface area contributed by atoms with Crippen molar-refractivity contribution in [3.63, 3.8) is 0 Å². The van der Waals surface area contributed by atoms with E-state index in [4.69, 9.17) is 23.2 Å². The van der Waals surface area contributed by atoms with Gasteiger partial charge in [0.15, 0.2) is 0 Å². The van der Waals surface area contributed by atoms with Gasteiger partial charge in [0.1, 0.15) is 5.82 Å². The lowest BCUT2D eigenvalue weighted by Gasteiger charge is -2.16. The molecule has 0 aliphatic rings. The van der Waals surface area contributed by atoms with Crippen LogP contribution in [0.2, 0.25) is 10.0 Å². The number of likely N-dealkylation sites (N-methyl/N-ethyl adjacent to an activating group) is 1. The lowest BCUT2D eigenvalue weighted by Crippen LogP contribution is -2.39. The van der Waals surface area contributed by atoms with E-state index in [1.807, 2.05) is 0 Å². The molecule has 0 aliphatic carbocycles. The zero-order valence-corrected chi connectivity index (χ0v) is 18.2. The first kappa shape index (κ1) is 23.5. The number of anilines is 1. The largest absolute Gasteiger partial charge is 0.354 e. The van der Waals surface area contributed by atoms with Crippen LogP contribution in [-0.4, -0.2) is 49.1 Å². The van der Waals surface area contributed by atoms with Gasteiger partial charge in [-0.05, 0) is 30.8 Å². The molecular weight excluding hydrogens is 436 g/mol. The monoisotopic (exact) mass is 457 g/mol. The highest BCUT2D eigenvalue weighted by atomic mass is 35.5. The second-order valence-corrected chi connectivity index (χ2v) is 8.23. The molecule has 0 unspecified atom stereocenters. The summed E-state index contributed by atoms with van der Waals surface area (Å²) in [6, 6.07) is 11.6. The van der Waals surface area contributed by atoms with Crippen LogP contribution in [-0.2, 0) is 15.3 Å². The Bertz CT molecular complexity index is 834. The van der Waals surface area contributed by atoms with Crippen molar-refractivity contribution in [1.82, 2.24) is 10.2 Å². The lowest BCUT2D eigenvalue weighted by molar-refractivity contribution is -0.122. The van der Waals surface area contributed by atoms with Gasteiger partial charge in [0.05, 0.1) is 28.8 Å². The van der Waals surface area contributed by atoms with E-state index in [2.05, 4.69) is 10.6 Å². The fourth-order valence-corrected chi connectivity index (χ4v) is 3.80. The maximum absolute atomic E-state index is 13.5. The molecule has 2 aromatic rings. The van der Waals surface area contributed by atoms with E-state index >= 15 is 0 Å². The fraction of sp³-hybridized carbons (Fsp3) is 0.300. The third-order valence-electron chi connectivity index (χ3n) is 3.84. The summed E-state index contributed by atoms with van der Waals surface area (Å²) in [5, 5.41) is 6.13. The van der Waals surface area contributed by atoms with Gasteiger partial charge in [-0.25, -0.2) is 4.39 Å². The number of nitrogens with zero attached hydrogens (tertiary/aromatic N) is 1. The predicted octanol–water partition coefficient (Wildman–Crippen LogP) is 4.05. The molecule has 2 N–H and O–H groups in total. The van der Waals surface area contributed by atoms with Crippen LogP contribution in [0.1, 0.15) is 5.56 Å². The van der Waals surface area contributed by atoms with Gasteiger partial charge in [-0.3, -0.25) is 14.5 Å². The first-order valence-corrected chi connectivity index (χ1v) is 10.8. The number of para-hydroxylation sites is 1. The Morgan fingerprint density at radius 3 is 2.38 bits per heavy atom. The number of nitrogens with one attached hydrogen (secondary N) is 2. The molecule has 0 heterocycles. The normalized spacial score (nSPS) is 10.8. The van der Waals surface area contributed by atoms with Crippen LogP contribution in [0.5, 0.6) is 0 Å². The molecule has 0 fully saturated rings. The van der Waals surface area contributed by atoms with Crippen LogP contribution in [0.4, 0.5) is 10.1 Å². The molecule has 156 valence electrons. The molecule has 0 radical (unpaired) electrons.